The van der Waals surface area contributed by atoms with Crippen molar-refractivity contribution in [2.45, 2.75) is 33.6 Å². The molecule has 0 fully saturated rings. The van der Waals surface area contributed by atoms with Crippen LogP contribution in [0.15, 0.2) is 0 Å². The molecule has 0 aliphatic rings. The molecule has 0 unspecified atom stereocenters. The number of quaternary nitrogens is 1. The molecule has 3 nitrogen and oxygen atoms in total. The second kappa shape index (κ2) is 5.50. The van der Waals surface area contributed by atoms with Crippen molar-refractivity contribution in [1.82, 2.24) is 5.32 Å². The zero-order valence-electron chi connectivity index (χ0n) is 11.2. The summed E-state index contributed by atoms with van der Waals surface area (Å²) in [5, 5.41) is 3.00. The fourth-order valence-electron chi connectivity index (χ4n) is 1.16. The standard InChI is InChI=1S/C12H26N2O/c1-7-12(2,3)11(15)13-9-8-10-14(4,5)6/h7-10H2,1-6H3/p+1. The monoisotopic (exact) mass is 215 g/mol. The highest BCUT2D eigenvalue weighted by Crippen LogP contribution is 2.19. The third kappa shape index (κ3) is 6.50. The van der Waals surface area contributed by atoms with Gasteiger partial charge in [-0.25, -0.2) is 0 Å². The molecule has 1 amide bonds. The summed E-state index contributed by atoms with van der Waals surface area (Å²) in [5.74, 6) is 0.173. The summed E-state index contributed by atoms with van der Waals surface area (Å²) in [5.41, 5.74) is -0.226. The van der Waals surface area contributed by atoms with Gasteiger partial charge >= 0.3 is 0 Å². The fraction of sp³-hybridized carbons (Fsp3) is 0.917. The molecule has 0 spiro atoms. The normalized spacial score (nSPS) is 12.7. The van der Waals surface area contributed by atoms with Crippen LogP contribution in [0.5, 0.6) is 0 Å². The van der Waals surface area contributed by atoms with Gasteiger partial charge in [0.05, 0.1) is 27.7 Å². The Bertz CT molecular complexity index is 204. The van der Waals surface area contributed by atoms with Gasteiger partial charge in [0.1, 0.15) is 0 Å². The molecule has 0 radical (unpaired) electrons. The van der Waals surface area contributed by atoms with Gasteiger partial charge in [0, 0.05) is 18.4 Å². The first kappa shape index (κ1) is 14.4. The summed E-state index contributed by atoms with van der Waals surface area (Å²) >= 11 is 0. The van der Waals surface area contributed by atoms with E-state index >= 15 is 0 Å². The Hall–Kier alpha value is -0.570. The minimum absolute atomic E-state index is 0.173. The number of nitrogens with zero attached hydrogens (tertiary/aromatic N) is 1. The van der Waals surface area contributed by atoms with Crippen molar-refractivity contribution in [2.75, 3.05) is 34.2 Å². The topological polar surface area (TPSA) is 29.1 Å². The summed E-state index contributed by atoms with van der Waals surface area (Å²) in [4.78, 5) is 11.7. The van der Waals surface area contributed by atoms with E-state index in [1.807, 2.05) is 20.8 Å². The highest BCUT2D eigenvalue weighted by molar-refractivity contribution is 5.81. The van der Waals surface area contributed by atoms with Crippen molar-refractivity contribution in [1.29, 1.82) is 0 Å². The van der Waals surface area contributed by atoms with Crippen LogP contribution in [0, 0.1) is 5.41 Å². The first-order valence-electron chi connectivity index (χ1n) is 5.78. The van der Waals surface area contributed by atoms with Gasteiger partial charge in [0.15, 0.2) is 0 Å². The summed E-state index contributed by atoms with van der Waals surface area (Å²) in [7, 11) is 6.49. The van der Waals surface area contributed by atoms with Crippen LogP contribution in [0.3, 0.4) is 0 Å². The maximum absolute atomic E-state index is 11.7. The molecule has 90 valence electrons. The van der Waals surface area contributed by atoms with E-state index in [1.165, 1.54) is 0 Å². The lowest BCUT2D eigenvalue weighted by Gasteiger charge is -2.25. The largest absolute Gasteiger partial charge is 0.355 e. The SMILES string of the molecule is CCC(C)(C)C(=O)NCCC[N+](C)(C)C. The van der Waals surface area contributed by atoms with Gasteiger partial charge in [-0.3, -0.25) is 4.79 Å². The number of carbonyl (C=O) groups excluding carboxylic acids is 1. The third-order valence-electron chi connectivity index (χ3n) is 2.79. The number of rotatable bonds is 6. The number of hydrogen-bond acceptors (Lipinski definition) is 1. The van der Waals surface area contributed by atoms with E-state index in [9.17, 15) is 4.79 Å². The Morgan fingerprint density at radius 2 is 1.80 bits per heavy atom. The maximum Gasteiger partial charge on any atom is 0.225 e. The number of hydrogen-bond donors (Lipinski definition) is 1. The first-order chi connectivity index (χ1) is 6.69. The molecule has 3 heteroatoms. The van der Waals surface area contributed by atoms with Gasteiger partial charge in [0.25, 0.3) is 0 Å². The van der Waals surface area contributed by atoms with Gasteiger partial charge in [-0.15, -0.1) is 0 Å². The van der Waals surface area contributed by atoms with Crippen LogP contribution in [0.4, 0.5) is 0 Å². The highest BCUT2D eigenvalue weighted by Gasteiger charge is 2.24. The zero-order chi connectivity index (χ0) is 12.1. The summed E-state index contributed by atoms with van der Waals surface area (Å²) in [6, 6.07) is 0. The smallest absolute Gasteiger partial charge is 0.225 e. The maximum atomic E-state index is 11.7. The summed E-state index contributed by atoms with van der Waals surface area (Å²) in [6.07, 6.45) is 1.92. The quantitative estimate of drug-likeness (QED) is 0.529. The minimum atomic E-state index is -0.226. The van der Waals surface area contributed by atoms with Crippen LogP contribution in [0.2, 0.25) is 0 Å². The van der Waals surface area contributed by atoms with Gasteiger partial charge in [0.2, 0.25) is 5.91 Å². The van der Waals surface area contributed by atoms with Crippen LogP contribution in [0.1, 0.15) is 33.6 Å². The van der Waals surface area contributed by atoms with Gasteiger partial charge in [-0.1, -0.05) is 20.8 Å². The van der Waals surface area contributed by atoms with Crippen molar-refractivity contribution < 1.29 is 9.28 Å². The molecule has 15 heavy (non-hydrogen) atoms. The van der Waals surface area contributed by atoms with E-state index in [0.717, 1.165) is 30.4 Å². The van der Waals surface area contributed by atoms with E-state index in [1.54, 1.807) is 0 Å². The van der Waals surface area contributed by atoms with E-state index in [-0.39, 0.29) is 11.3 Å². The van der Waals surface area contributed by atoms with Crippen LogP contribution in [-0.2, 0) is 4.79 Å². The average Bonchev–Trinajstić information content (AvgIpc) is 2.10. The number of amides is 1. The number of carbonyl (C=O) groups is 1. The third-order valence-corrected chi connectivity index (χ3v) is 2.79. The fourth-order valence-corrected chi connectivity index (χ4v) is 1.16. The first-order valence-corrected chi connectivity index (χ1v) is 5.78. The lowest BCUT2D eigenvalue weighted by molar-refractivity contribution is -0.870. The van der Waals surface area contributed by atoms with Gasteiger partial charge < -0.3 is 9.80 Å². The molecule has 0 aromatic carbocycles. The Balaban J connectivity index is 3.74. The Morgan fingerprint density at radius 1 is 1.27 bits per heavy atom. The Labute approximate surface area is 94.4 Å². The zero-order valence-corrected chi connectivity index (χ0v) is 11.2. The second-order valence-corrected chi connectivity index (χ2v) is 5.86. The van der Waals surface area contributed by atoms with Crippen LogP contribution in [-0.4, -0.2) is 44.6 Å². The predicted molar refractivity (Wildman–Crippen MR) is 64.6 cm³/mol. The molecular weight excluding hydrogens is 188 g/mol. The molecule has 0 aromatic rings. The molecule has 0 aliphatic heterocycles. The number of nitrogens with one attached hydrogen (secondary N) is 1. The van der Waals surface area contributed by atoms with Crippen molar-refractivity contribution in [3.05, 3.63) is 0 Å². The van der Waals surface area contributed by atoms with Gasteiger partial charge in [-0.2, -0.15) is 0 Å². The predicted octanol–water partition coefficient (Wildman–Crippen LogP) is 1.64. The van der Waals surface area contributed by atoms with Gasteiger partial charge in [-0.05, 0) is 6.42 Å². The molecule has 0 saturated heterocycles. The van der Waals surface area contributed by atoms with E-state index < -0.39 is 0 Å². The summed E-state index contributed by atoms with van der Waals surface area (Å²) < 4.78 is 0.951. The Morgan fingerprint density at radius 3 is 2.20 bits per heavy atom. The van der Waals surface area contributed by atoms with E-state index in [4.69, 9.17) is 0 Å². The molecule has 0 saturated carbocycles. The van der Waals surface area contributed by atoms with Crippen molar-refractivity contribution in [2.24, 2.45) is 5.41 Å². The molecule has 0 rings (SSSR count). The van der Waals surface area contributed by atoms with Crippen LogP contribution >= 0.6 is 0 Å². The molecule has 0 atom stereocenters. The molecule has 0 heterocycles. The highest BCUT2D eigenvalue weighted by atomic mass is 16.2. The molecule has 0 aliphatic carbocycles. The van der Waals surface area contributed by atoms with Crippen LogP contribution in [0.25, 0.3) is 0 Å². The summed E-state index contributed by atoms with van der Waals surface area (Å²) in [6.45, 7) is 7.90. The minimum Gasteiger partial charge on any atom is -0.355 e. The molecule has 1 N–H and O–H groups in total. The van der Waals surface area contributed by atoms with Crippen molar-refractivity contribution >= 4 is 5.91 Å². The van der Waals surface area contributed by atoms with E-state index in [2.05, 4.69) is 26.5 Å². The van der Waals surface area contributed by atoms with Crippen molar-refractivity contribution in [3.63, 3.8) is 0 Å². The Kier molecular flexibility index (Phi) is 5.29. The second-order valence-electron chi connectivity index (χ2n) is 5.86. The molecule has 0 bridgehead atoms. The van der Waals surface area contributed by atoms with Crippen molar-refractivity contribution in [3.8, 4) is 0 Å². The lowest BCUT2D eigenvalue weighted by Crippen LogP contribution is -2.40. The molecular formula is C12H27N2O+. The lowest BCUT2D eigenvalue weighted by atomic mass is 9.89. The van der Waals surface area contributed by atoms with E-state index in [0.29, 0.717) is 0 Å². The van der Waals surface area contributed by atoms with Crippen LogP contribution < -0.4 is 5.32 Å². The average molecular weight is 215 g/mol. The molecule has 0 aromatic heterocycles.